The average molecular weight is 313 g/mol. The Morgan fingerprint density at radius 2 is 1.95 bits per heavy atom. The molecule has 0 spiro atoms. The fourth-order valence-electron chi connectivity index (χ4n) is 2.60. The van der Waals surface area contributed by atoms with Gasteiger partial charge in [-0.2, -0.15) is 15.0 Å². The highest BCUT2D eigenvalue weighted by Crippen LogP contribution is 2.21. The largest absolute Gasteiger partial charge is 0.354 e. The van der Waals surface area contributed by atoms with Crippen LogP contribution in [0.3, 0.4) is 0 Å². The number of nitrogens with one attached hydrogen (secondary N) is 1. The van der Waals surface area contributed by atoms with E-state index in [0.29, 0.717) is 17.9 Å². The van der Waals surface area contributed by atoms with Gasteiger partial charge in [0, 0.05) is 32.7 Å². The molecule has 1 saturated heterocycles. The third-order valence-electron chi connectivity index (χ3n) is 4.00. The van der Waals surface area contributed by atoms with Gasteiger partial charge >= 0.3 is 0 Å². The number of likely N-dealkylation sites (tertiary alicyclic amines) is 1. The number of anilines is 2. The van der Waals surface area contributed by atoms with E-state index in [2.05, 4.69) is 43.9 Å². The van der Waals surface area contributed by atoms with Gasteiger partial charge in [0.15, 0.2) is 0 Å². The number of rotatable bonds is 6. The maximum Gasteiger partial charge on any atom is 0.231 e. The van der Waals surface area contributed by atoms with Crippen LogP contribution in [0.25, 0.3) is 0 Å². The molecule has 2 heterocycles. The average Bonchev–Trinajstić information content (AvgIpc) is 2.51. The van der Waals surface area contributed by atoms with Crippen molar-refractivity contribution in [2.45, 2.75) is 39.2 Å². The molecular formula is C14H25ClN6. The zero-order chi connectivity index (χ0) is 15.2. The van der Waals surface area contributed by atoms with Gasteiger partial charge < -0.3 is 15.1 Å². The van der Waals surface area contributed by atoms with Crippen molar-refractivity contribution in [2.24, 2.45) is 0 Å². The lowest BCUT2D eigenvalue weighted by atomic mass is 10.0. The van der Waals surface area contributed by atoms with Crippen molar-refractivity contribution >= 4 is 23.5 Å². The van der Waals surface area contributed by atoms with Crippen LogP contribution < -0.4 is 10.2 Å². The van der Waals surface area contributed by atoms with Crippen molar-refractivity contribution in [2.75, 3.05) is 43.4 Å². The second-order valence-electron chi connectivity index (χ2n) is 5.43. The zero-order valence-electron chi connectivity index (χ0n) is 13.1. The molecule has 1 aliphatic rings. The number of hydrogen-bond donors (Lipinski definition) is 1. The fourth-order valence-corrected chi connectivity index (χ4v) is 2.76. The van der Waals surface area contributed by atoms with Crippen LogP contribution in [0.2, 0.25) is 5.28 Å². The first-order valence-electron chi connectivity index (χ1n) is 7.74. The Labute approximate surface area is 131 Å². The summed E-state index contributed by atoms with van der Waals surface area (Å²) in [5, 5.41) is 3.41. The van der Waals surface area contributed by atoms with E-state index < -0.39 is 0 Å². The first kappa shape index (κ1) is 16.2. The molecule has 2 rings (SSSR count). The summed E-state index contributed by atoms with van der Waals surface area (Å²) in [5.74, 6) is 1.22. The van der Waals surface area contributed by atoms with Crippen LogP contribution in [0.1, 0.15) is 33.1 Å². The molecule has 0 aliphatic carbocycles. The third-order valence-corrected chi connectivity index (χ3v) is 4.17. The second-order valence-corrected chi connectivity index (χ2v) is 5.77. The van der Waals surface area contributed by atoms with E-state index in [9.17, 15) is 0 Å². The van der Waals surface area contributed by atoms with Crippen molar-refractivity contribution in [3.05, 3.63) is 5.28 Å². The van der Waals surface area contributed by atoms with Gasteiger partial charge in [0.05, 0.1) is 0 Å². The van der Waals surface area contributed by atoms with Gasteiger partial charge in [-0.05, 0) is 37.4 Å². The molecule has 7 heteroatoms. The first-order valence-corrected chi connectivity index (χ1v) is 8.12. The topological polar surface area (TPSA) is 57.2 Å². The Morgan fingerprint density at radius 1 is 1.24 bits per heavy atom. The number of halogens is 1. The van der Waals surface area contributed by atoms with Crippen molar-refractivity contribution in [1.82, 2.24) is 19.9 Å². The molecule has 0 amide bonds. The minimum Gasteiger partial charge on any atom is -0.354 e. The summed E-state index contributed by atoms with van der Waals surface area (Å²) in [4.78, 5) is 17.5. The van der Waals surface area contributed by atoms with Crippen molar-refractivity contribution in [3.63, 3.8) is 0 Å². The predicted molar refractivity (Wildman–Crippen MR) is 87.2 cm³/mol. The smallest absolute Gasteiger partial charge is 0.231 e. The van der Waals surface area contributed by atoms with E-state index in [0.717, 1.165) is 45.4 Å². The summed E-state index contributed by atoms with van der Waals surface area (Å²) in [7, 11) is 2.04. The molecule has 1 N–H and O–H groups in total. The molecule has 0 unspecified atom stereocenters. The maximum absolute atomic E-state index is 6.02. The Bertz CT molecular complexity index is 447. The Hall–Kier alpha value is -1.14. The van der Waals surface area contributed by atoms with Crippen LogP contribution >= 0.6 is 11.6 Å². The Balaban J connectivity index is 2.04. The minimum absolute atomic E-state index is 0.247. The van der Waals surface area contributed by atoms with E-state index in [1.165, 1.54) is 0 Å². The van der Waals surface area contributed by atoms with Gasteiger partial charge in [0.2, 0.25) is 17.2 Å². The van der Waals surface area contributed by atoms with Crippen LogP contribution in [-0.2, 0) is 0 Å². The van der Waals surface area contributed by atoms with E-state index >= 15 is 0 Å². The summed E-state index contributed by atoms with van der Waals surface area (Å²) in [6.45, 7) is 8.53. The molecule has 0 atom stereocenters. The summed E-state index contributed by atoms with van der Waals surface area (Å²) in [6, 6.07) is 0.463. The molecule has 0 bridgehead atoms. The van der Waals surface area contributed by atoms with Gasteiger partial charge in [0.25, 0.3) is 0 Å². The van der Waals surface area contributed by atoms with Gasteiger partial charge in [0.1, 0.15) is 0 Å². The van der Waals surface area contributed by atoms with Crippen LogP contribution in [0, 0.1) is 0 Å². The maximum atomic E-state index is 6.02. The van der Waals surface area contributed by atoms with E-state index in [4.69, 9.17) is 11.6 Å². The molecule has 0 saturated carbocycles. The molecule has 118 valence electrons. The SMILES string of the molecule is CCCNc1nc(Cl)nc(N(C)C2CCN(CC)CC2)n1. The molecule has 6 nitrogen and oxygen atoms in total. The lowest BCUT2D eigenvalue weighted by molar-refractivity contribution is 0.220. The normalized spacial score (nSPS) is 17.0. The van der Waals surface area contributed by atoms with Gasteiger partial charge in [-0.15, -0.1) is 0 Å². The molecule has 21 heavy (non-hydrogen) atoms. The molecule has 1 aromatic heterocycles. The summed E-state index contributed by atoms with van der Waals surface area (Å²) in [5.41, 5.74) is 0. The minimum atomic E-state index is 0.247. The van der Waals surface area contributed by atoms with Crippen molar-refractivity contribution < 1.29 is 0 Å². The number of piperidine rings is 1. The van der Waals surface area contributed by atoms with E-state index in [1.807, 2.05) is 7.05 Å². The van der Waals surface area contributed by atoms with Gasteiger partial charge in [-0.3, -0.25) is 0 Å². The fraction of sp³-hybridized carbons (Fsp3) is 0.786. The van der Waals surface area contributed by atoms with Gasteiger partial charge in [-0.25, -0.2) is 0 Å². The first-order chi connectivity index (χ1) is 10.1. The monoisotopic (exact) mass is 312 g/mol. The molecule has 1 aliphatic heterocycles. The lowest BCUT2D eigenvalue weighted by Gasteiger charge is -2.36. The van der Waals surface area contributed by atoms with Crippen LogP contribution in [0.4, 0.5) is 11.9 Å². The molecule has 0 aromatic carbocycles. The number of hydrogen-bond acceptors (Lipinski definition) is 6. The van der Waals surface area contributed by atoms with Crippen LogP contribution in [0.15, 0.2) is 0 Å². The van der Waals surface area contributed by atoms with E-state index in [-0.39, 0.29) is 5.28 Å². The molecular weight excluding hydrogens is 288 g/mol. The molecule has 1 fully saturated rings. The van der Waals surface area contributed by atoms with Gasteiger partial charge in [-0.1, -0.05) is 13.8 Å². The molecule has 1 aromatic rings. The molecule has 0 radical (unpaired) electrons. The lowest BCUT2D eigenvalue weighted by Crippen LogP contribution is -2.44. The second kappa shape index (κ2) is 7.75. The van der Waals surface area contributed by atoms with Crippen LogP contribution in [0.5, 0.6) is 0 Å². The van der Waals surface area contributed by atoms with Crippen molar-refractivity contribution in [3.8, 4) is 0 Å². The highest BCUT2D eigenvalue weighted by Gasteiger charge is 2.23. The summed E-state index contributed by atoms with van der Waals surface area (Å²) < 4.78 is 0. The quantitative estimate of drug-likeness (QED) is 0.869. The Kier molecular flexibility index (Phi) is 5.99. The predicted octanol–water partition coefficient (Wildman–Crippen LogP) is 2.27. The highest BCUT2D eigenvalue weighted by atomic mass is 35.5. The van der Waals surface area contributed by atoms with Crippen molar-refractivity contribution in [1.29, 1.82) is 0 Å². The standard InChI is InChI=1S/C14H25ClN6/c1-4-8-16-13-17-12(15)18-14(19-13)20(3)11-6-9-21(5-2)10-7-11/h11H,4-10H2,1-3H3,(H,16,17,18,19). The highest BCUT2D eigenvalue weighted by molar-refractivity contribution is 6.28. The van der Waals surface area contributed by atoms with E-state index in [1.54, 1.807) is 0 Å². The number of aromatic nitrogens is 3. The zero-order valence-corrected chi connectivity index (χ0v) is 13.9. The Morgan fingerprint density at radius 3 is 2.57 bits per heavy atom. The summed E-state index contributed by atoms with van der Waals surface area (Å²) in [6.07, 6.45) is 3.28. The third kappa shape index (κ3) is 4.41. The van der Waals surface area contributed by atoms with Crippen LogP contribution in [-0.4, -0.2) is 59.1 Å². The summed E-state index contributed by atoms with van der Waals surface area (Å²) >= 11 is 6.02. The number of nitrogens with zero attached hydrogens (tertiary/aromatic N) is 5.